The molecule has 0 aromatic heterocycles. The Morgan fingerprint density at radius 1 is 1.08 bits per heavy atom. The molecule has 3 rings (SSSR count). The summed E-state index contributed by atoms with van der Waals surface area (Å²) in [4.78, 5) is 2.37. The molecule has 1 heterocycles. The lowest BCUT2D eigenvalue weighted by Crippen LogP contribution is -2.30. The Kier molecular flexibility index (Phi) is 4.99. The number of nitrogens with two attached hydrogens (primary N) is 1. The zero-order chi connectivity index (χ0) is 18.0. The van der Waals surface area contributed by atoms with E-state index in [0.29, 0.717) is 5.75 Å². The summed E-state index contributed by atoms with van der Waals surface area (Å²) >= 11 is 0. The van der Waals surface area contributed by atoms with Crippen molar-refractivity contribution >= 4 is 10.0 Å². The van der Waals surface area contributed by atoms with E-state index in [0.717, 1.165) is 42.9 Å². The number of fused-ring (bicyclic) bond motifs is 1. The van der Waals surface area contributed by atoms with Crippen molar-refractivity contribution in [2.75, 3.05) is 20.8 Å². The minimum absolute atomic E-state index is 0.0531. The molecule has 1 aliphatic rings. The van der Waals surface area contributed by atoms with Crippen molar-refractivity contribution in [2.24, 2.45) is 5.14 Å². The van der Waals surface area contributed by atoms with Crippen LogP contribution in [0.5, 0.6) is 11.5 Å². The van der Waals surface area contributed by atoms with Crippen LogP contribution in [-0.2, 0) is 29.5 Å². The number of ether oxygens (including phenoxy) is 2. The summed E-state index contributed by atoms with van der Waals surface area (Å²) < 4.78 is 33.9. The molecule has 25 heavy (non-hydrogen) atoms. The number of rotatable bonds is 5. The van der Waals surface area contributed by atoms with Crippen molar-refractivity contribution in [1.29, 1.82) is 0 Å². The largest absolute Gasteiger partial charge is 0.497 e. The molecule has 0 radical (unpaired) electrons. The minimum atomic E-state index is -3.80. The Morgan fingerprint density at radius 3 is 2.40 bits per heavy atom. The highest BCUT2D eigenvalue weighted by Crippen LogP contribution is 2.30. The molecule has 0 spiro atoms. The van der Waals surface area contributed by atoms with Crippen LogP contribution in [0.1, 0.15) is 16.7 Å². The molecule has 2 aromatic carbocycles. The Morgan fingerprint density at radius 2 is 1.80 bits per heavy atom. The third-order valence-corrected chi connectivity index (χ3v) is 5.38. The van der Waals surface area contributed by atoms with Gasteiger partial charge in [-0.05, 0) is 47.4 Å². The van der Waals surface area contributed by atoms with Crippen LogP contribution in [-0.4, -0.2) is 34.1 Å². The van der Waals surface area contributed by atoms with E-state index in [9.17, 15) is 8.42 Å². The number of nitrogens with zero attached hydrogens (tertiary/aromatic N) is 1. The Bertz CT molecular complexity index is 863. The lowest BCUT2D eigenvalue weighted by molar-refractivity contribution is 0.244. The molecule has 0 saturated heterocycles. The maximum absolute atomic E-state index is 11.7. The van der Waals surface area contributed by atoms with E-state index in [2.05, 4.69) is 17.0 Å². The summed E-state index contributed by atoms with van der Waals surface area (Å²) in [5.41, 5.74) is 3.29. The van der Waals surface area contributed by atoms with Crippen LogP contribution < -0.4 is 14.6 Å². The minimum Gasteiger partial charge on any atom is -0.497 e. The maximum atomic E-state index is 11.7. The van der Waals surface area contributed by atoms with Crippen molar-refractivity contribution in [3.8, 4) is 11.5 Å². The Balaban J connectivity index is 1.81. The number of sulfonamides is 1. The second kappa shape index (κ2) is 7.03. The third kappa shape index (κ3) is 3.95. The molecule has 2 aromatic rings. The van der Waals surface area contributed by atoms with Crippen LogP contribution in [0, 0.1) is 0 Å². The summed E-state index contributed by atoms with van der Waals surface area (Å²) in [6.45, 7) is 2.42. The molecule has 6 nitrogen and oxygen atoms in total. The van der Waals surface area contributed by atoms with Crippen LogP contribution >= 0.6 is 0 Å². The fraction of sp³-hybridized carbons (Fsp3) is 0.333. The summed E-state index contributed by atoms with van der Waals surface area (Å²) in [6.07, 6.45) is 0.776. The monoisotopic (exact) mass is 362 g/mol. The molecule has 7 heteroatoms. The first kappa shape index (κ1) is 17.7. The van der Waals surface area contributed by atoms with E-state index in [1.165, 1.54) is 12.7 Å². The number of methoxy groups -OCH3 is 2. The van der Waals surface area contributed by atoms with Crippen LogP contribution in [0.3, 0.4) is 0 Å². The highest BCUT2D eigenvalue weighted by atomic mass is 32.2. The second-order valence-corrected chi connectivity index (χ2v) is 7.66. The molecule has 0 aliphatic carbocycles. The molecule has 0 bridgehead atoms. The third-order valence-electron chi connectivity index (χ3n) is 4.45. The average molecular weight is 362 g/mol. The van der Waals surface area contributed by atoms with Crippen LogP contribution in [0.25, 0.3) is 0 Å². The van der Waals surface area contributed by atoms with E-state index < -0.39 is 10.0 Å². The molecule has 0 saturated carbocycles. The highest BCUT2D eigenvalue weighted by Gasteiger charge is 2.23. The Hall–Kier alpha value is -2.09. The van der Waals surface area contributed by atoms with Gasteiger partial charge in [0.2, 0.25) is 10.0 Å². The molecule has 0 fully saturated rings. The van der Waals surface area contributed by atoms with Crippen molar-refractivity contribution in [1.82, 2.24) is 4.90 Å². The molecule has 1 aliphatic heterocycles. The van der Waals surface area contributed by atoms with Crippen molar-refractivity contribution in [3.05, 3.63) is 53.1 Å². The number of hydrogen-bond donors (Lipinski definition) is 1. The van der Waals surface area contributed by atoms with Gasteiger partial charge in [0.15, 0.2) is 0 Å². The van der Waals surface area contributed by atoms with E-state index >= 15 is 0 Å². The van der Waals surface area contributed by atoms with Crippen LogP contribution in [0.4, 0.5) is 0 Å². The highest BCUT2D eigenvalue weighted by molar-refractivity contribution is 7.89. The zero-order valence-electron chi connectivity index (χ0n) is 14.4. The number of primary sulfonamides is 1. The fourth-order valence-corrected chi connectivity index (χ4v) is 3.86. The van der Waals surface area contributed by atoms with Gasteiger partial charge in [0.25, 0.3) is 0 Å². The zero-order valence-corrected chi connectivity index (χ0v) is 15.2. The molecule has 0 amide bonds. The number of hydrogen-bond acceptors (Lipinski definition) is 5. The van der Waals surface area contributed by atoms with Gasteiger partial charge in [0.05, 0.1) is 14.2 Å². The van der Waals surface area contributed by atoms with Crippen LogP contribution in [0.15, 0.2) is 41.3 Å². The van der Waals surface area contributed by atoms with Gasteiger partial charge in [-0.2, -0.15) is 0 Å². The van der Waals surface area contributed by atoms with Crippen LogP contribution in [0.2, 0.25) is 0 Å². The van der Waals surface area contributed by atoms with E-state index in [-0.39, 0.29) is 4.90 Å². The Labute approximate surface area is 148 Å². The first-order valence-electron chi connectivity index (χ1n) is 7.98. The van der Waals surface area contributed by atoms with E-state index in [1.807, 2.05) is 12.1 Å². The first-order chi connectivity index (χ1) is 11.9. The van der Waals surface area contributed by atoms with Gasteiger partial charge in [-0.25, -0.2) is 13.6 Å². The predicted molar refractivity (Wildman–Crippen MR) is 95.2 cm³/mol. The van der Waals surface area contributed by atoms with Gasteiger partial charge in [-0.1, -0.05) is 12.1 Å². The molecule has 0 unspecified atom stereocenters. The normalized spacial score (nSPS) is 14.8. The van der Waals surface area contributed by atoms with Gasteiger partial charge in [0.1, 0.15) is 16.4 Å². The summed E-state index contributed by atoms with van der Waals surface area (Å²) in [5, 5.41) is 5.29. The van der Waals surface area contributed by atoms with Gasteiger partial charge in [0, 0.05) is 19.6 Å². The van der Waals surface area contributed by atoms with Crippen molar-refractivity contribution in [3.63, 3.8) is 0 Å². The molecule has 134 valence electrons. The van der Waals surface area contributed by atoms with Gasteiger partial charge < -0.3 is 9.47 Å². The van der Waals surface area contributed by atoms with E-state index in [1.54, 1.807) is 19.2 Å². The lowest BCUT2D eigenvalue weighted by Gasteiger charge is -2.29. The second-order valence-electron chi connectivity index (χ2n) is 6.13. The standard InChI is InChI=1S/C18H22N2O4S/c1-23-16-5-3-13(4-6-16)11-20-8-7-14-10-18(25(19,21)22)17(24-2)9-15(14)12-20/h3-6,9-10H,7-8,11-12H2,1-2H3,(H2,19,21,22). The van der Waals surface area contributed by atoms with Gasteiger partial charge >= 0.3 is 0 Å². The first-order valence-corrected chi connectivity index (χ1v) is 9.53. The summed E-state index contributed by atoms with van der Waals surface area (Å²) in [7, 11) is -0.693. The molecule has 0 atom stereocenters. The fourth-order valence-electron chi connectivity index (χ4n) is 3.13. The topological polar surface area (TPSA) is 81.9 Å². The van der Waals surface area contributed by atoms with Crippen molar-refractivity contribution in [2.45, 2.75) is 24.4 Å². The quantitative estimate of drug-likeness (QED) is 0.879. The van der Waals surface area contributed by atoms with Gasteiger partial charge in [-0.15, -0.1) is 0 Å². The summed E-state index contributed by atoms with van der Waals surface area (Å²) in [5.74, 6) is 1.14. The van der Waals surface area contributed by atoms with Gasteiger partial charge in [-0.3, -0.25) is 4.90 Å². The SMILES string of the molecule is COc1ccc(CN2CCc3cc(S(N)(=O)=O)c(OC)cc3C2)cc1. The lowest BCUT2D eigenvalue weighted by atomic mass is 9.99. The average Bonchev–Trinajstić information content (AvgIpc) is 2.60. The van der Waals surface area contributed by atoms with Crippen molar-refractivity contribution < 1.29 is 17.9 Å². The maximum Gasteiger partial charge on any atom is 0.241 e. The molecular weight excluding hydrogens is 340 g/mol. The summed E-state index contributed by atoms with van der Waals surface area (Å²) in [6, 6.07) is 11.4. The molecule has 2 N–H and O–H groups in total. The number of benzene rings is 2. The smallest absolute Gasteiger partial charge is 0.241 e. The molecular formula is C18H22N2O4S. The predicted octanol–water partition coefficient (Wildman–Crippen LogP) is 1.91. The van der Waals surface area contributed by atoms with E-state index in [4.69, 9.17) is 14.6 Å².